The van der Waals surface area contributed by atoms with Crippen LogP contribution in [0.2, 0.25) is 0 Å². The van der Waals surface area contributed by atoms with Gasteiger partial charge in [-0.3, -0.25) is 0 Å². The minimum absolute atomic E-state index is 0.154. The van der Waals surface area contributed by atoms with E-state index in [9.17, 15) is 0 Å². The summed E-state index contributed by atoms with van der Waals surface area (Å²) in [6.07, 6.45) is 0. The van der Waals surface area contributed by atoms with Crippen molar-refractivity contribution in [3.63, 3.8) is 0 Å². The SMILES string of the molecule is CC(C)c1ccc(C(N)C(C)C(C)C)cc1. The average molecular weight is 219 g/mol. The van der Waals surface area contributed by atoms with Gasteiger partial charge in [-0.2, -0.15) is 0 Å². The van der Waals surface area contributed by atoms with E-state index < -0.39 is 0 Å². The summed E-state index contributed by atoms with van der Waals surface area (Å²) in [5, 5.41) is 0. The van der Waals surface area contributed by atoms with Crippen molar-refractivity contribution in [2.45, 2.75) is 46.6 Å². The van der Waals surface area contributed by atoms with Gasteiger partial charge >= 0.3 is 0 Å². The molecule has 1 aromatic rings. The molecule has 0 amide bonds. The summed E-state index contributed by atoms with van der Waals surface area (Å²) in [7, 11) is 0. The Balaban J connectivity index is 2.81. The van der Waals surface area contributed by atoms with Crippen LogP contribution in [0.3, 0.4) is 0 Å². The standard InChI is InChI=1S/C15H25N/c1-10(2)12(5)15(16)14-8-6-13(7-9-14)11(3)4/h6-12,15H,16H2,1-5H3. The van der Waals surface area contributed by atoms with E-state index in [0.29, 0.717) is 17.8 Å². The molecule has 1 aromatic carbocycles. The Bertz CT molecular complexity index is 311. The van der Waals surface area contributed by atoms with Crippen LogP contribution in [-0.2, 0) is 0 Å². The van der Waals surface area contributed by atoms with Crippen LogP contribution in [0.1, 0.15) is 57.7 Å². The number of hydrogen-bond acceptors (Lipinski definition) is 1. The zero-order chi connectivity index (χ0) is 12.3. The minimum Gasteiger partial charge on any atom is -0.324 e. The molecule has 90 valence electrons. The van der Waals surface area contributed by atoms with Crippen LogP contribution in [0.25, 0.3) is 0 Å². The summed E-state index contributed by atoms with van der Waals surface area (Å²) < 4.78 is 0. The van der Waals surface area contributed by atoms with Gasteiger partial charge in [0.2, 0.25) is 0 Å². The summed E-state index contributed by atoms with van der Waals surface area (Å²) in [5.74, 6) is 1.73. The van der Waals surface area contributed by atoms with Crippen LogP contribution in [0.4, 0.5) is 0 Å². The van der Waals surface area contributed by atoms with Crippen molar-refractivity contribution in [2.75, 3.05) is 0 Å². The zero-order valence-corrected chi connectivity index (χ0v) is 11.2. The fourth-order valence-corrected chi connectivity index (χ4v) is 1.82. The first-order valence-electron chi connectivity index (χ1n) is 6.29. The van der Waals surface area contributed by atoms with E-state index in [1.54, 1.807) is 0 Å². The van der Waals surface area contributed by atoms with Gasteiger partial charge in [-0.1, -0.05) is 58.9 Å². The van der Waals surface area contributed by atoms with Gasteiger partial charge in [-0.15, -0.1) is 0 Å². The molecule has 0 aliphatic carbocycles. The van der Waals surface area contributed by atoms with Crippen molar-refractivity contribution < 1.29 is 0 Å². The smallest absolute Gasteiger partial charge is 0.0323 e. The fraction of sp³-hybridized carbons (Fsp3) is 0.600. The third kappa shape index (κ3) is 3.08. The van der Waals surface area contributed by atoms with Gasteiger partial charge in [-0.25, -0.2) is 0 Å². The lowest BCUT2D eigenvalue weighted by atomic mass is 9.86. The van der Waals surface area contributed by atoms with Gasteiger partial charge < -0.3 is 5.73 Å². The fourth-order valence-electron chi connectivity index (χ4n) is 1.82. The summed E-state index contributed by atoms with van der Waals surface area (Å²) in [5.41, 5.74) is 8.90. The normalized spacial score (nSPS) is 15.5. The second-order valence-corrected chi connectivity index (χ2v) is 5.45. The molecule has 0 radical (unpaired) electrons. The molecule has 1 heteroatoms. The Morgan fingerprint density at radius 3 is 1.62 bits per heavy atom. The van der Waals surface area contributed by atoms with E-state index in [4.69, 9.17) is 5.73 Å². The Labute approximate surface area is 100 Å². The van der Waals surface area contributed by atoms with E-state index in [-0.39, 0.29) is 6.04 Å². The first kappa shape index (κ1) is 13.2. The van der Waals surface area contributed by atoms with E-state index in [1.807, 2.05) is 0 Å². The molecule has 1 nitrogen and oxygen atoms in total. The maximum absolute atomic E-state index is 6.27. The maximum Gasteiger partial charge on any atom is 0.0323 e. The van der Waals surface area contributed by atoms with E-state index in [1.165, 1.54) is 11.1 Å². The second kappa shape index (κ2) is 5.49. The molecule has 2 atom stereocenters. The minimum atomic E-state index is 0.154. The lowest BCUT2D eigenvalue weighted by molar-refractivity contribution is 0.352. The number of hydrogen-bond donors (Lipinski definition) is 1. The lowest BCUT2D eigenvalue weighted by Crippen LogP contribution is -2.23. The monoisotopic (exact) mass is 219 g/mol. The quantitative estimate of drug-likeness (QED) is 0.810. The van der Waals surface area contributed by atoms with Crippen LogP contribution >= 0.6 is 0 Å². The lowest BCUT2D eigenvalue weighted by Gasteiger charge is -2.24. The molecule has 0 saturated carbocycles. The van der Waals surface area contributed by atoms with Crippen molar-refractivity contribution in [1.29, 1.82) is 0 Å². The van der Waals surface area contributed by atoms with Crippen molar-refractivity contribution in [3.05, 3.63) is 35.4 Å². The predicted molar refractivity (Wildman–Crippen MR) is 71.5 cm³/mol. The first-order valence-corrected chi connectivity index (χ1v) is 6.29. The molecule has 2 N–H and O–H groups in total. The Hall–Kier alpha value is -0.820. The van der Waals surface area contributed by atoms with Gasteiger partial charge in [0.25, 0.3) is 0 Å². The van der Waals surface area contributed by atoms with Gasteiger partial charge in [0.1, 0.15) is 0 Å². The number of nitrogens with two attached hydrogens (primary N) is 1. The molecule has 0 aliphatic rings. The Morgan fingerprint density at radius 2 is 1.25 bits per heavy atom. The zero-order valence-electron chi connectivity index (χ0n) is 11.2. The molecule has 0 fully saturated rings. The number of benzene rings is 1. The first-order chi connectivity index (χ1) is 7.43. The van der Waals surface area contributed by atoms with Gasteiger partial charge in [0.05, 0.1) is 0 Å². The Morgan fingerprint density at radius 1 is 0.812 bits per heavy atom. The Kier molecular flexibility index (Phi) is 4.55. The van der Waals surface area contributed by atoms with Gasteiger partial charge in [-0.05, 0) is 28.9 Å². The van der Waals surface area contributed by atoms with Crippen molar-refractivity contribution >= 4 is 0 Å². The molecule has 0 heterocycles. The molecule has 0 aliphatic heterocycles. The third-order valence-corrected chi connectivity index (χ3v) is 3.61. The summed E-state index contributed by atoms with van der Waals surface area (Å²) in [6, 6.07) is 8.92. The molecule has 0 spiro atoms. The molecule has 16 heavy (non-hydrogen) atoms. The van der Waals surface area contributed by atoms with Crippen molar-refractivity contribution in [3.8, 4) is 0 Å². The van der Waals surface area contributed by atoms with Crippen LogP contribution in [0, 0.1) is 11.8 Å². The van der Waals surface area contributed by atoms with Gasteiger partial charge in [0.15, 0.2) is 0 Å². The highest BCUT2D eigenvalue weighted by Crippen LogP contribution is 2.26. The van der Waals surface area contributed by atoms with Gasteiger partial charge in [0, 0.05) is 6.04 Å². The average Bonchev–Trinajstić information content (AvgIpc) is 2.27. The molecular formula is C15H25N. The largest absolute Gasteiger partial charge is 0.324 e. The maximum atomic E-state index is 6.27. The molecule has 0 saturated heterocycles. The number of rotatable bonds is 4. The molecular weight excluding hydrogens is 194 g/mol. The molecule has 2 unspecified atom stereocenters. The van der Waals surface area contributed by atoms with E-state index in [0.717, 1.165) is 0 Å². The van der Waals surface area contributed by atoms with Crippen LogP contribution in [0.15, 0.2) is 24.3 Å². The van der Waals surface area contributed by atoms with E-state index in [2.05, 4.69) is 58.9 Å². The van der Waals surface area contributed by atoms with Crippen molar-refractivity contribution in [2.24, 2.45) is 17.6 Å². The molecule has 0 bridgehead atoms. The predicted octanol–water partition coefficient (Wildman–Crippen LogP) is 4.10. The highest BCUT2D eigenvalue weighted by atomic mass is 14.6. The summed E-state index contributed by atoms with van der Waals surface area (Å²) in [4.78, 5) is 0. The second-order valence-electron chi connectivity index (χ2n) is 5.45. The van der Waals surface area contributed by atoms with Crippen LogP contribution < -0.4 is 5.73 Å². The topological polar surface area (TPSA) is 26.0 Å². The molecule has 0 aromatic heterocycles. The third-order valence-electron chi connectivity index (χ3n) is 3.61. The van der Waals surface area contributed by atoms with E-state index >= 15 is 0 Å². The highest BCUT2D eigenvalue weighted by Gasteiger charge is 2.17. The summed E-state index contributed by atoms with van der Waals surface area (Å²) in [6.45, 7) is 11.1. The van der Waals surface area contributed by atoms with Crippen molar-refractivity contribution in [1.82, 2.24) is 0 Å². The van der Waals surface area contributed by atoms with Crippen LogP contribution in [-0.4, -0.2) is 0 Å². The highest BCUT2D eigenvalue weighted by molar-refractivity contribution is 5.27. The molecule has 1 rings (SSSR count). The summed E-state index contributed by atoms with van der Waals surface area (Å²) >= 11 is 0. The van der Waals surface area contributed by atoms with Crippen LogP contribution in [0.5, 0.6) is 0 Å².